The molecule has 112 valence electrons. The smallest absolute Gasteiger partial charge is 0.165 e. The Morgan fingerprint density at radius 3 is 2.95 bits per heavy atom. The Hall–Kier alpha value is -1.13. The number of hydrogen-bond donors (Lipinski definition) is 1. The van der Waals surface area contributed by atoms with Crippen LogP contribution in [0.3, 0.4) is 0 Å². The lowest BCUT2D eigenvalue weighted by Gasteiger charge is -2.21. The van der Waals surface area contributed by atoms with Crippen LogP contribution in [-0.4, -0.2) is 31.6 Å². The van der Waals surface area contributed by atoms with E-state index in [9.17, 15) is 4.39 Å². The van der Waals surface area contributed by atoms with Gasteiger partial charge in [0.2, 0.25) is 0 Å². The molecule has 1 aromatic carbocycles. The predicted octanol–water partition coefficient (Wildman–Crippen LogP) is 2.96. The zero-order chi connectivity index (χ0) is 14.5. The van der Waals surface area contributed by atoms with Crippen molar-refractivity contribution in [1.82, 2.24) is 4.90 Å². The molecule has 20 heavy (non-hydrogen) atoms. The van der Waals surface area contributed by atoms with E-state index in [4.69, 9.17) is 10.5 Å². The summed E-state index contributed by atoms with van der Waals surface area (Å²) < 4.78 is 18.6. The van der Waals surface area contributed by atoms with E-state index in [2.05, 4.69) is 11.8 Å². The molecule has 1 aliphatic heterocycles. The van der Waals surface area contributed by atoms with Gasteiger partial charge >= 0.3 is 0 Å². The number of hydrogen-bond acceptors (Lipinski definition) is 3. The van der Waals surface area contributed by atoms with E-state index in [0.29, 0.717) is 0 Å². The first-order valence-electron chi connectivity index (χ1n) is 7.45. The summed E-state index contributed by atoms with van der Waals surface area (Å²) in [5.41, 5.74) is 7.04. The standard InChI is InChI=1S/C16H25FN2O/c1-3-4-12-7-8-19(10-12)11-15(18)13-5-6-16(20-2)14(17)9-13/h5-6,9,12,15H,3-4,7-8,10-11,18H2,1-2H3. The maximum atomic E-state index is 13.7. The normalized spacial score (nSPS) is 21.1. The highest BCUT2D eigenvalue weighted by Gasteiger charge is 2.23. The number of nitrogens with two attached hydrogens (primary N) is 1. The fourth-order valence-electron chi connectivity index (χ4n) is 3.02. The number of halogens is 1. The maximum absolute atomic E-state index is 13.7. The van der Waals surface area contributed by atoms with E-state index in [-0.39, 0.29) is 17.6 Å². The van der Waals surface area contributed by atoms with Crippen LogP contribution in [0.2, 0.25) is 0 Å². The van der Waals surface area contributed by atoms with Crippen molar-refractivity contribution in [3.05, 3.63) is 29.6 Å². The molecule has 0 amide bonds. The van der Waals surface area contributed by atoms with E-state index >= 15 is 0 Å². The van der Waals surface area contributed by atoms with Crippen LogP contribution in [0.1, 0.15) is 37.8 Å². The summed E-state index contributed by atoms with van der Waals surface area (Å²) in [6, 6.07) is 4.85. The van der Waals surface area contributed by atoms with Gasteiger partial charge in [-0.2, -0.15) is 0 Å². The molecule has 1 aliphatic rings. The van der Waals surface area contributed by atoms with Gasteiger partial charge in [-0.05, 0) is 43.0 Å². The van der Waals surface area contributed by atoms with Gasteiger partial charge in [0.05, 0.1) is 7.11 Å². The van der Waals surface area contributed by atoms with Crippen molar-refractivity contribution < 1.29 is 9.13 Å². The minimum atomic E-state index is -0.342. The number of likely N-dealkylation sites (tertiary alicyclic amines) is 1. The highest BCUT2D eigenvalue weighted by atomic mass is 19.1. The first-order valence-corrected chi connectivity index (χ1v) is 7.45. The molecule has 2 unspecified atom stereocenters. The molecule has 4 heteroatoms. The van der Waals surface area contributed by atoms with Crippen LogP contribution < -0.4 is 10.5 Å². The summed E-state index contributed by atoms with van der Waals surface area (Å²) in [6.07, 6.45) is 3.80. The van der Waals surface area contributed by atoms with Crippen molar-refractivity contribution in [3.63, 3.8) is 0 Å². The maximum Gasteiger partial charge on any atom is 0.165 e. The average Bonchev–Trinajstić information content (AvgIpc) is 2.86. The van der Waals surface area contributed by atoms with Crippen LogP contribution in [0.25, 0.3) is 0 Å². The van der Waals surface area contributed by atoms with Crippen LogP contribution >= 0.6 is 0 Å². The Morgan fingerprint density at radius 1 is 1.50 bits per heavy atom. The van der Waals surface area contributed by atoms with E-state index < -0.39 is 0 Å². The number of ether oxygens (including phenoxy) is 1. The molecule has 0 aliphatic carbocycles. The van der Waals surface area contributed by atoms with E-state index in [1.807, 2.05) is 6.07 Å². The van der Waals surface area contributed by atoms with Gasteiger partial charge in [-0.3, -0.25) is 0 Å². The lowest BCUT2D eigenvalue weighted by Crippen LogP contribution is -2.30. The quantitative estimate of drug-likeness (QED) is 0.870. The molecule has 0 aromatic heterocycles. The fraction of sp³-hybridized carbons (Fsp3) is 0.625. The van der Waals surface area contributed by atoms with Gasteiger partial charge in [0.15, 0.2) is 11.6 Å². The first kappa shape index (κ1) is 15.3. The summed E-state index contributed by atoms with van der Waals surface area (Å²) >= 11 is 0. The molecule has 0 saturated carbocycles. The molecule has 2 atom stereocenters. The molecule has 2 rings (SSSR count). The third kappa shape index (κ3) is 3.70. The number of benzene rings is 1. The van der Waals surface area contributed by atoms with Crippen molar-refractivity contribution in [3.8, 4) is 5.75 Å². The molecule has 1 saturated heterocycles. The van der Waals surface area contributed by atoms with Gasteiger partial charge in [0.1, 0.15) is 0 Å². The summed E-state index contributed by atoms with van der Waals surface area (Å²) in [6.45, 7) is 5.26. The summed E-state index contributed by atoms with van der Waals surface area (Å²) in [5, 5.41) is 0. The lowest BCUT2D eigenvalue weighted by atomic mass is 10.0. The van der Waals surface area contributed by atoms with Crippen LogP contribution in [0.4, 0.5) is 4.39 Å². The van der Waals surface area contributed by atoms with Gasteiger partial charge in [-0.1, -0.05) is 19.4 Å². The minimum absolute atomic E-state index is 0.143. The monoisotopic (exact) mass is 280 g/mol. The first-order chi connectivity index (χ1) is 9.63. The van der Waals surface area contributed by atoms with Crippen molar-refractivity contribution in [1.29, 1.82) is 0 Å². The number of rotatable bonds is 6. The van der Waals surface area contributed by atoms with Gasteiger partial charge in [0.25, 0.3) is 0 Å². The Balaban J connectivity index is 1.92. The van der Waals surface area contributed by atoms with Gasteiger partial charge < -0.3 is 15.4 Å². The van der Waals surface area contributed by atoms with Crippen molar-refractivity contribution in [2.45, 2.75) is 32.2 Å². The predicted molar refractivity (Wildman–Crippen MR) is 79.3 cm³/mol. The Bertz CT molecular complexity index is 438. The second-order valence-corrected chi connectivity index (χ2v) is 5.70. The molecule has 1 aromatic rings. The zero-order valence-electron chi connectivity index (χ0n) is 12.4. The Morgan fingerprint density at radius 2 is 2.30 bits per heavy atom. The number of nitrogens with zero attached hydrogens (tertiary/aromatic N) is 1. The molecule has 0 radical (unpaired) electrons. The highest BCUT2D eigenvalue weighted by Crippen LogP contribution is 2.25. The lowest BCUT2D eigenvalue weighted by molar-refractivity contribution is 0.300. The number of methoxy groups -OCH3 is 1. The van der Waals surface area contributed by atoms with Gasteiger partial charge in [0, 0.05) is 19.1 Å². The molecule has 1 fully saturated rings. The highest BCUT2D eigenvalue weighted by molar-refractivity contribution is 5.31. The van der Waals surface area contributed by atoms with Crippen LogP contribution in [0, 0.1) is 11.7 Å². The molecule has 2 N–H and O–H groups in total. The second-order valence-electron chi connectivity index (χ2n) is 5.70. The molecule has 1 heterocycles. The molecular weight excluding hydrogens is 255 g/mol. The Labute approximate surface area is 120 Å². The van der Waals surface area contributed by atoms with E-state index in [1.165, 1.54) is 32.4 Å². The van der Waals surface area contributed by atoms with E-state index in [0.717, 1.165) is 31.1 Å². The van der Waals surface area contributed by atoms with Gasteiger partial charge in [-0.15, -0.1) is 0 Å². The molecule has 0 spiro atoms. The Kier molecular flexibility index (Phi) is 5.38. The van der Waals surface area contributed by atoms with Gasteiger partial charge in [-0.25, -0.2) is 4.39 Å². The van der Waals surface area contributed by atoms with Crippen molar-refractivity contribution in [2.24, 2.45) is 11.7 Å². The van der Waals surface area contributed by atoms with Crippen molar-refractivity contribution in [2.75, 3.05) is 26.7 Å². The average molecular weight is 280 g/mol. The van der Waals surface area contributed by atoms with Crippen LogP contribution in [0.15, 0.2) is 18.2 Å². The minimum Gasteiger partial charge on any atom is -0.494 e. The molecule has 0 bridgehead atoms. The third-order valence-electron chi connectivity index (χ3n) is 4.13. The summed E-state index contributed by atoms with van der Waals surface area (Å²) in [5.74, 6) is 0.732. The largest absolute Gasteiger partial charge is 0.494 e. The SMILES string of the molecule is CCCC1CCN(CC(N)c2ccc(OC)c(F)c2)C1. The molecule has 3 nitrogen and oxygen atoms in total. The topological polar surface area (TPSA) is 38.5 Å². The zero-order valence-corrected chi connectivity index (χ0v) is 12.4. The second kappa shape index (κ2) is 7.04. The van der Waals surface area contributed by atoms with Crippen LogP contribution in [0.5, 0.6) is 5.75 Å². The van der Waals surface area contributed by atoms with Crippen molar-refractivity contribution >= 4 is 0 Å². The fourth-order valence-corrected chi connectivity index (χ4v) is 3.02. The van der Waals surface area contributed by atoms with Crippen LogP contribution in [-0.2, 0) is 0 Å². The summed E-state index contributed by atoms with van der Waals surface area (Å²) in [7, 11) is 1.47. The third-order valence-corrected chi connectivity index (χ3v) is 4.13. The van der Waals surface area contributed by atoms with E-state index in [1.54, 1.807) is 6.07 Å². The molecular formula is C16H25FN2O. The summed E-state index contributed by atoms with van der Waals surface area (Å²) in [4.78, 5) is 2.40.